The molecule has 2 rings (SSSR count). The van der Waals surface area contributed by atoms with Crippen LogP contribution in [0.2, 0.25) is 5.02 Å². The third kappa shape index (κ3) is 3.70. The van der Waals surface area contributed by atoms with Gasteiger partial charge in [0.1, 0.15) is 0 Å². The van der Waals surface area contributed by atoms with Gasteiger partial charge in [-0.25, -0.2) is 13.4 Å². The van der Waals surface area contributed by atoms with Crippen molar-refractivity contribution >= 4 is 27.4 Å². The number of hydrogen-bond donors (Lipinski definition) is 1. The van der Waals surface area contributed by atoms with Crippen molar-refractivity contribution in [2.45, 2.75) is 5.75 Å². The summed E-state index contributed by atoms with van der Waals surface area (Å²) in [4.78, 5) is 3.87. The van der Waals surface area contributed by atoms with Crippen molar-refractivity contribution in [3.63, 3.8) is 0 Å². The minimum atomic E-state index is -3.61. The molecule has 2 aromatic rings. The van der Waals surface area contributed by atoms with E-state index < -0.39 is 10.0 Å². The van der Waals surface area contributed by atoms with Crippen molar-refractivity contribution < 1.29 is 8.42 Å². The number of aromatic nitrogens is 1. The smallest absolute Gasteiger partial charge is 0.238 e. The van der Waals surface area contributed by atoms with Crippen molar-refractivity contribution in [3.8, 4) is 6.07 Å². The summed E-state index contributed by atoms with van der Waals surface area (Å²) in [6.07, 6.45) is 1.45. The average molecular weight is 308 g/mol. The Bertz CT molecular complexity index is 752. The number of halogens is 1. The Morgan fingerprint density at radius 3 is 2.55 bits per heavy atom. The Morgan fingerprint density at radius 2 is 1.95 bits per heavy atom. The minimum Gasteiger partial charge on any atom is -0.266 e. The van der Waals surface area contributed by atoms with E-state index in [4.69, 9.17) is 16.9 Å². The molecule has 0 aliphatic heterocycles. The van der Waals surface area contributed by atoms with Crippen molar-refractivity contribution in [1.82, 2.24) is 4.98 Å². The first-order valence-corrected chi connectivity index (χ1v) is 7.63. The Labute approximate surface area is 121 Å². The van der Waals surface area contributed by atoms with Crippen LogP contribution in [-0.2, 0) is 15.8 Å². The van der Waals surface area contributed by atoms with Gasteiger partial charge in [0.15, 0.2) is 5.82 Å². The Hall–Kier alpha value is -2.10. The van der Waals surface area contributed by atoms with Crippen LogP contribution < -0.4 is 4.72 Å². The minimum absolute atomic E-state index is 0.0998. The van der Waals surface area contributed by atoms with Crippen LogP contribution >= 0.6 is 11.6 Å². The fourth-order valence-electron chi connectivity index (χ4n) is 1.54. The summed E-state index contributed by atoms with van der Waals surface area (Å²) < 4.78 is 26.3. The highest BCUT2D eigenvalue weighted by Crippen LogP contribution is 2.19. The molecule has 0 bridgehead atoms. The molecule has 0 saturated carbocycles. The molecule has 0 aliphatic rings. The van der Waals surface area contributed by atoms with Crippen molar-refractivity contribution in [2.75, 3.05) is 4.72 Å². The number of sulfonamides is 1. The molecular weight excluding hydrogens is 298 g/mol. The zero-order chi connectivity index (χ0) is 14.6. The van der Waals surface area contributed by atoms with E-state index in [0.29, 0.717) is 11.1 Å². The number of pyridine rings is 1. The molecule has 1 aromatic carbocycles. The fraction of sp³-hybridized carbons (Fsp3) is 0.0769. The molecular formula is C13H10ClN3O2S. The molecule has 0 atom stereocenters. The number of anilines is 1. The average Bonchev–Trinajstić information content (AvgIpc) is 2.41. The summed E-state index contributed by atoms with van der Waals surface area (Å²) in [5, 5.41) is 8.92. The lowest BCUT2D eigenvalue weighted by Crippen LogP contribution is -2.16. The van der Waals surface area contributed by atoms with E-state index in [-0.39, 0.29) is 16.6 Å². The van der Waals surface area contributed by atoms with Gasteiger partial charge in [0.05, 0.1) is 22.4 Å². The van der Waals surface area contributed by atoms with Crippen LogP contribution in [-0.4, -0.2) is 13.4 Å². The van der Waals surface area contributed by atoms with E-state index in [1.54, 1.807) is 36.4 Å². The van der Waals surface area contributed by atoms with Gasteiger partial charge in [0.2, 0.25) is 10.0 Å². The van der Waals surface area contributed by atoms with E-state index >= 15 is 0 Å². The normalized spacial score (nSPS) is 10.8. The second-order valence-corrected chi connectivity index (χ2v) is 6.13. The van der Waals surface area contributed by atoms with Crippen LogP contribution in [0.3, 0.4) is 0 Å². The molecule has 5 nitrogen and oxygen atoms in total. The number of nitriles is 1. The summed E-state index contributed by atoms with van der Waals surface area (Å²) in [6.45, 7) is 0. The molecule has 0 aliphatic carbocycles. The Morgan fingerprint density at radius 1 is 1.25 bits per heavy atom. The van der Waals surface area contributed by atoms with E-state index in [9.17, 15) is 8.42 Å². The topological polar surface area (TPSA) is 82.8 Å². The van der Waals surface area contributed by atoms with Gasteiger partial charge in [-0.05, 0) is 29.8 Å². The van der Waals surface area contributed by atoms with Gasteiger partial charge in [0, 0.05) is 6.20 Å². The van der Waals surface area contributed by atoms with Crippen LogP contribution in [0, 0.1) is 11.3 Å². The molecule has 0 saturated heterocycles. The highest BCUT2D eigenvalue weighted by atomic mass is 35.5. The van der Waals surface area contributed by atoms with Crippen molar-refractivity contribution in [2.24, 2.45) is 0 Å². The zero-order valence-electron chi connectivity index (χ0n) is 10.2. The van der Waals surface area contributed by atoms with Crippen LogP contribution in [0.15, 0.2) is 42.6 Å². The molecule has 1 heterocycles. The number of benzene rings is 1. The van der Waals surface area contributed by atoms with Crippen molar-refractivity contribution in [1.29, 1.82) is 5.26 Å². The molecule has 0 spiro atoms. The lowest BCUT2D eigenvalue weighted by molar-refractivity contribution is 0.600. The predicted octanol–water partition coefficient (Wildman–Crippen LogP) is 2.55. The van der Waals surface area contributed by atoms with Gasteiger partial charge in [-0.15, -0.1) is 0 Å². The molecule has 0 unspecified atom stereocenters. The first kappa shape index (κ1) is 14.3. The largest absolute Gasteiger partial charge is 0.266 e. The number of rotatable bonds is 4. The maximum atomic E-state index is 12.0. The molecule has 0 fully saturated rings. The van der Waals surface area contributed by atoms with Crippen LogP contribution in [0.1, 0.15) is 11.1 Å². The fourth-order valence-corrected chi connectivity index (χ4v) is 2.92. The van der Waals surface area contributed by atoms with Gasteiger partial charge < -0.3 is 0 Å². The molecule has 1 N–H and O–H groups in total. The van der Waals surface area contributed by atoms with Gasteiger partial charge in [0.25, 0.3) is 0 Å². The standard InChI is InChI=1S/C13H10ClN3O2S/c14-12-2-1-7-16-13(12)17-20(18,19)9-11-5-3-10(8-15)4-6-11/h1-7H,9H2,(H,16,17). The quantitative estimate of drug-likeness (QED) is 0.941. The molecule has 0 amide bonds. The summed E-state index contributed by atoms with van der Waals surface area (Å²) in [5.41, 5.74) is 1.05. The maximum Gasteiger partial charge on any atom is 0.238 e. The van der Waals surface area contributed by atoms with Crippen molar-refractivity contribution in [3.05, 3.63) is 58.7 Å². The van der Waals surface area contributed by atoms with E-state index in [1.165, 1.54) is 6.20 Å². The lowest BCUT2D eigenvalue weighted by Gasteiger charge is -2.08. The van der Waals surface area contributed by atoms with E-state index in [1.807, 2.05) is 6.07 Å². The molecule has 102 valence electrons. The maximum absolute atomic E-state index is 12.0. The first-order valence-electron chi connectivity index (χ1n) is 5.60. The lowest BCUT2D eigenvalue weighted by atomic mass is 10.2. The molecule has 20 heavy (non-hydrogen) atoms. The summed E-state index contributed by atoms with van der Waals surface area (Å²) >= 11 is 5.85. The second kappa shape index (κ2) is 5.90. The Kier molecular flexibility index (Phi) is 4.23. The van der Waals surface area contributed by atoms with Crippen LogP contribution in [0.5, 0.6) is 0 Å². The highest BCUT2D eigenvalue weighted by molar-refractivity contribution is 7.91. The Balaban J connectivity index is 2.15. The third-order valence-electron chi connectivity index (χ3n) is 2.45. The number of nitrogens with zero attached hydrogens (tertiary/aromatic N) is 2. The zero-order valence-corrected chi connectivity index (χ0v) is 11.8. The van der Waals surface area contributed by atoms with Gasteiger partial charge in [-0.3, -0.25) is 4.72 Å². The first-order chi connectivity index (χ1) is 9.50. The van der Waals surface area contributed by atoms with Crippen LogP contribution in [0.4, 0.5) is 5.82 Å². The second-order valence-electron chi connectivity index (χ2n) is 4.00. The highest BCUT2D eigenvalue weighted by Gasteiger charge is 2.14. The summed E-state index contributed by atoms with van der Waals surface area (Å²) in [5.74, 6) is -0.117. The monoisotopic (exact) mass is 307 g/mol. The number of nitrogens with one attached hydrogen (secondary N) is 1. The summed E-state index contributed by atoms with van der Waals surface area (Å²) in [7, 11) is -3.61. The third-order valence-corrected chi connectivity index (χ3v) is 3.97. The van der Waals surface area contributed by atoms with Gasteiger partial charge >= 0.3 is 0 Å². The molecule has 0 radical (unpaired) electrons. The van der Waals surface area contributed by atoms with E-state index in [0.717, 1.165) is 0 Å². The van der Waals surface area contributed by atoms with Gasteiger partial charge in [-0.2, -0.15) is 5.26 Å². The number of hydrogen-bond acceptors (Lipinski definition) is 4. The van der Waals surface area contributed by atoms with Gasteiger partial charge in [-0.1, -0.05) is 23.7 Å². The van der Waals surface area contributed by atoms with E-state index in [2.05, 4.69) is 9.71 Å². The summed E-state index contributed by atoms with van der Waals surface area (Å²) in [6, 6.07) is 11.5. The predicted molar refractivity (Wildman–Crippen MR) is 76.7 cm³/mol. The van der Waals surface area contributed by atoms with Crippen LogP contribution in [0.25, 0.3) is 0 Å². The molecule has 1 aromatic heterocycles. The molecule has 7 heteroatoms. The SMILES string of the molecule is N#Cc1ccc(CS(=O)(=O)Nc2ncccc2Cl)cc1.